The molecule has 0 aromatic carbocycles. The molecule has 2 nitrogen and oxygen atoms in total. The fraction of sp³-hybridized carbons (Fsp3) is 0.909. The molecule has 1 aliphatic carbocycles. The molecular formula is C11H18N2. The fourth-order valence-corrected chi connectivity index (χ4v) is 2.63. The van der Waals surface area contributed by atoms with E-state index in [1.807, 2.05) is 0 Å². The van der Waals surface area contributed by atoms with Gasteiger partial charge in [0.15, 0.2) is 0 Å². The Kier molecular flexibility index (Phi) is 1.89. The quantitative estimate of drug-likeness (QED) is 0.648. The zero-order valence-electron chi connectivity index (χ0n) is 8.75. The summed E-state index contributed by atoms with van der Waals surface area (Å²) >= 11 is 0. The smallest absolute Gasteiger partial charge is 0.0987 e. The zero-order chi connectivity index (χ0) is 9.64. The lowest BCUT2D eigenvalue weighted by Gasteiger charge is -2.38. The maximum atomic E-state index is 9.04. The molecule has 0 aromatic rings. The Morgan fingerprint density at radius 1 is 1.46 bits per heavy atom. The van der Waals surface area contributed by atoms with Crippen molar-refractivity contribution in [3.05, 3.63) is 0 Å². The molecule has 2 heteroatoms. The highest BCUT2D eigenvalue weighted by Gasteiger charge is 2.55. The van der Waals surface area contributed by atoms with Crippen molar-refractivity contribution in [3.8, 4) is 6.07 Å². The van der Waals surface area contributed by atoms with E-state index < -0.39 is 0 Å². The minimum atomic E-state index is 0.193. The van der Waals surface area contributed by atoms with Crippen LogP contribution in [0.25, 0.3) is 0 Å². The van der Waals surface area contributed by atoms with E-state index in [1.165, 1.54) is 6.42 Å². The number of likely N-dealkylation sites (tertiary alicyclic amines) is 1. The molecule has 2 aliphatic rings. The lowest BCUT2D eigenvalue weighted by Crippen LogP contribution is -2.48. The molecule has 1 aliphatic heterocycles. The van der Waals surface area contributed by atoms with Gasteiger partial charge in [-0.15, -0.1) is 0 Å². The molecule has 0 amide bonds. The summed E-state index contributed by atoms with van der Waals surface area (Å²) in [6.45, 7) is 6.74. The molecule has 0 bridgehead atoms. The predicted molar refractivity (Wildman–Crippen MR) is 52.1 cm³/mol. The van der Waals surface area contributed by atoms with Crippen molar-refractivity contribution in [2.75, 3.05) is 0 Å². The largest absolute Gasteiger partial charge is 0.280 e. The fourth-order valence-electron chi connectivity index (χ4n) is 2.63. The van der Waals surface area contributed by atoms with Gasteiger partial charge in [-0.1, -0.05) is 6.92 Å². The first-order valence-corrected chi connectivity index (χ1v) is 5.28. The van der Waals surface area contributed by atoms with E-state index in [-0.39, 0.29) is 11.6 Å². The van der Waals surface area contributed by atoms with Crippen LogP contribution in [0.3, 0.4) is 0 Å². The monoisotopic (exact) mass is 178 g/mol. The zero-order valence-corrected chi connectivity index (χ0v) is 8.75. The topological polar surface area (TPSA) is 27.0 Å². The van der Waals surface area contributed by atoms with Crippen molar-refractivity contribution < 1.29 is 0 Å². The normalized spacial score (nSPS) is 38.5. The van der Waals surface area contributed by atoms with E-state index >= 15 is 0 Å². The molecule has 2 fully saturated rings. The number of hydrogen-bond donors (Lipinski definition) is 0. The van der Waals surface area contributed by atoms with Gasteiger partial charge in [0.2, 0.25) is 0 Å². The van der Waals surface area contributed by atoms with Gasteiger partial charge in [-0.2, -0.15) is 5.26 Å². The number of nitrogens with zero attached hydrogens (tertiary/aromatic N) is 2. The summed E-state index contributed by atoms with van der Waals surface area (Å²) < 4.78 is 0. The molecule has 0 aromatic heterocycles. The molecule has 1 heterocycles. The maximum Gasteiger partial charge on any atom is 0.0987 e. The molecule has 0 unspecified atom stereocenters. The third kappa shape index (κ3) is 1.26. The summed E-state index contributed by atoms with van der Waals surface area (Å²) in [6.07, 6.45) is 3.58. The molecule has 0 N–H and O–H groups in total. The predicted octanol–water partition coefficient (Wildman–Crippen LogP) is 2.16. The second-order valence-corrected chi connectivity index (χ2v) is 5.02. The van der Waals surface area contributed by atoms with Crippen LogP contribution in [0.15, 0.2) is 0 Å². The van der Waals surface area contributed by atoms with Crippen LogP contribution in [0.4, 0.5) is 0 Å². The second-order valence-electron chi connectivity index (χ2n) is 5.02. The first kappa shape index (κ1) is 9.02. The second kappa shape index (κ2) is 2.72. The Morgan fingerprint density at radius 3 is 2.69 bits per heavy atom. The van der Waals surface area contributed by atoms with Crippen molar-refractivity contribution >= 4 is 0 Å². The van der Waals surface area contributed by atoms with E-state index in [9.17, 15) is 0 Å². The number of rotatable bonds is 2. The van der Waals surface area contributed by atoms with Gasteiger partial charge in [0.05, 0.1) is 12.1 Å². The van der Waals surface area contributed by atoms with E-state index in [0.717, 1.165) is 24.8 Å². The summed E-state index contributed by atoms with van der Waals surface area (Å²) in [5, 5.41) is 9.04. The molecule has 13 heavy (non-hydrogen) atoms. The number of nitriles is 1. The average molecular weight is 178 g/mol. The molecule has 2 rings (SSSR count). The van der Waals surface area contributed by atoms with E-state index in [4.69, 9.17) is 5.26 Å². The summed E-state index contributed by atoms with van der Waals surface area (Å²) in [7, 11) is 0. The molecule has 1 saturated carbocycles. The van der Waals surface area contributed by atoms with Crippen LogP contribution in [-0.2, 0) is 0 Å². The Hall–Kier alpha value is -0.550. The number of piperidine rings is 1. The van der Waals surface area contributed by atoms with Crippen LogP contribution in [0.1, 0.15) is 40.0 Å². The SMILES string of the molecule is CCC(C)(C)N1[C@H](C#N)C[C@@H]2C[C@@H]21. The lowest BCUT2D eigenvalue weighted by molar-refractivity contribution is 0.100. The van der Waals surface area contributed by atoms with Gasteiger partial charge in [0.1, 0.15) is 0 Å². The van der Waals surface area contributed by atoms with Gasteiger partial charge in [0, 0.05) is 11.6 Å². The summed E-state index contributed by atoms with van der Waals surface area (Å²) in [4.78, 5) is 2.46. The first-order valence-electron chi connectivity index (χ1n) is 5.28. The van der Waals surface area contributed by atoms with Crippen LogP contribution >= 0.6 is 0 Å². The van der Waals surface area contributed by atoms with Crippen molar-refractivity contribution in [2.24, 2.45) is 5.92 Å². The van der Waals surface area contributed by atoms with Gasteiger partial charge < -0.3 is 0 Å². The Bertz CT molecular complexity index is 251. The van der Waals surface area contributed by atoms with Gasteiger partial charge in [-0.25, -0.2) is 0 Å². The summed E-state index contributed by atoms with van der Waals surface area (Å²) in [5.41, 5.74) is 0.219. The Labute approximate surface area is 80.5 Å². The summed E-state index contributed by atoms with van der Waals surface area (Å²) in [6, 6.07) is 3.37. The van der Waals surface area contributed by atoms with Crippen LogP contribution in [0, 0.1) is 17.2 Å². The van der Waals surface area contributed by atoms with Crippen LogP contribution in [0.2, 0.25) is 0 Å². The van der Waals surface area contributed by atoms with Crippen molar-refractivity contribution in [3.63, 3.8) is 0 Å². The van der Waals surface area contributed by atoms with E-state index in [1.54, 1.807) is 0 Å². The van der Waals surface area contributed by atoms with Crippen molar-refractivity contribution in [1.29, 1.82) is 5.26 Å². The van der Waals surface area contributed by atoms with E-state index in [0.29, 0.717) is 0 Å². The number of fused-ring (bicyclic) bond motifs is 1. The maximum absolute atomic E-state index is 9.04. The Morgan fingerprint density at radius 2 is 2.15 bits per heavy atom. The minimum absolute atomic E-state index is 0.193. The molecule has 0 radical (unpaired) electrons. The summed E-state index contributed by atoms with van der Waals surface area (Å²) in [5.74, 6) is 0.843. The molecule has 72 valence electrons. The van der Waals surface area contributed by atoms with Crippen molar-refractivity contribution in [1.82, 2.24) is 4.90 Å². The Balaban J connectivity index is 2.17. The molecule has 1 saturated heterocycles. The highest BCUT2D eigenvalue weighted by atomic mass is 15.3. The number of hydrogen-bond acceptors (Lipinski definition) is 2. The highest BCUT2D eigenvalue weighted by Crippen LogP contribution is 2.51. The highest BCUT2D eigenvalue weighted by molar-refractivity contribution is 5.15. The lowest BCUT2D eigenvalue weighted by atomic mass is 9.97. The average Bonchev–Trinajstić information content (AvgIpc) is 2.76. The van der Waals surface area contributed by atoms with Crippen LogP contribution in [0.5, 0.6) is 0 Å². The minimum Gasteiger partial charge on any atom is -0.280 e. The van der Waals surface area contributed by atoms with Gasteiger partial charge in [0.25, 0.3) is 0 Å². The van der Waals surface area contributed by atoms with E-state index in [2.05, 4.69) is 31.7 Å². The van der Waals surface area contributed by atoms with Gasteiger partial charge in [-0.05, 0) is 39.0 Å². The van der Waals surface area contributed by atoms with Crippen LogP contribution in [-0.4, -0.2) is 22.5 Å². The standard InChI is InChI=1S/C11H18N2/c1-4-11(2,3)13-9(7-12)5-8-6-10(8)13/h8-10H,4-6H2,1-3H3/t8-,9+,10+/m1/s1. The van der Waals surface area contributed by atoms with Crippen molar-refractivity contribution in [2.45, 2.75) is 57.7 Å². The first-order chi connectivity index (χ1) is 6.10. The molecule has 0 spiro atoms. The van der Waals surface area contributed by atoms with Crippen LogP contribution < -0.4 is 0 Å². The van der Waals surface area contributed by atoms with Gasteiger partial charge >= 0.3 is 0 Å². The molecular weight excluding hydrogens is 160 g/mol. The van der Waals surface area contributed by atoms with Gasteiger partial charge in [-0.3, -0.25) is 4.90 Å². The third-order valence-corrected chi connectivity index (χ3v) is 3.82. The third-order valence-electron chi connectivity index (χ3n) is 3.82. The molecule has 3 atom stereocenters.